The van der Waals surface area contributed by atoms with Crippen molar-refractivity contribution in [3.05, 3.63) is 11.8 Å². The molecule has 0 aliphatic heterocycles. The molecule has 0 spiro atoms. The van der Waals surface area contributed by atoms with Gasteiger partial charge in [-0.25, -0.2) is 4.79 Å². The number of halogens is 1. The number of esters is 2. The van der Waals surface area contributed by atoms with Gasteiger partial charge in [-0.1, -0.05) is 0 Å². The summed E-state index contributed by atoms with van der Waals surface area (Å²) in [6.45, 7) is 1.68. The van der Waals surface area contributed by atoms with Gasteiger partial charge in [0.05, 0.1) is 13.7 Å². The second-order valence-corrected chi connectivity index (χ2v) is 3.34. The number of carbonyl (C=O) groups excluding carboxylic acids is 3. The molecule has 0 heterocycles. The van der Waals surface area contributed by atoms with Gasteiger partial charge in [-0.2, -0.15) is 0 Å². The zero-order chi connectivity index (χ0) is 13.4. The fraction of sp³-hybridized carbons (Fsp3) is 0.500. The summed E-state index contributed by atoms with van der Waals surface area (Å²) in [7, 11) is 1.13. The van der Waals surface area contributed by atoms with E-state index < -0.39 is 35.3 Å². The molecule has 0 aromatic rings. The van der Waals surface area contributed by atoms with Crippen LogP contribution < -0.4 is 0 Å². The summed E-state index contributed by atoms with van der Waals surface area (Å²) in [5.74, 6) is -3.00. The lowest BCUT2D eigenvalue weighted by Gasteiger charge is -2.07. The SMILES string of the molecule is CCOC(=O)C(Cl)/C(O)=C/C(=O)CC(=O)OC. The smallest absolute Gasteiger partial charge is 0.331 e. The zero-order valence-electron chi connectivity index (χ0n) is 9.44. The van der Waals surface area contributed by atoms with Crippen molar-refractivity contribution in [1.29, 1.82) is 0 Å². The van der Waals surface area contributed by atoms with Gasteiger partial charge >= 0.3 is 11.9 Å². The molecular formula is C10H13ClO6. The minimum absolute atomic E-state index is 0.103. The summed E-state index contributed by atoms with van der Waals surface area (Å²) >= 11 is 5.51. The third-order valence-corrected chi connectivity index (χ3v) is 2.01. The van der Waals surface area contributed by atoms with Crippen LogP contribution in [-0.2, 0) is 23.9 Å². The Balaban J connectivity index is 4.47. The van der Waals surface area contributed by atoms with E-state index in [0.29, 0.717) is 6.08 Å². The maximum absolute atomic E-state index is 11.2. The monoisotopic (exact) mass is 264 g/mol. The van der Waals surface area contributed by atoms with Crippen molar-refractivity contribution in [3.63, 3.8) is 0 Å². The van der Waals surface area contributed by atoms with Crippen LogP contribution in [0, 0.1) is 0 Å². The molecule has 6 nitrogen and oxygen atoms in total. The molecule has 0 aromatic heterocycles. The lowest BCUT2D eigenvalue weighted by molar-refractivity contribution is -0.143. The van der Waals surface area contributed by atoms with Crippen molar-refractivity contribution in [1.82, 2.24) is 0 Å². The molecule has 0 radical (unpaired) electrons. The largest absolute Gasteiger partial charge is 0.510 e. The first-order chi connectivity index (χ1) is 7.92. The summed E-state index contributed by atoms with van der Waals surface area (Å²) in [5.41, 5.74) is 0. The van der Waals surface area contributed by atoms with E-state index in [1.807, 2.05) is 0 Å². The van der Waals surface area contributed by atoms with Gasteiger partial charge in [-0.3, -0.25) is 9.59 Å². The van der Waals surface area contributed by atoms with Gasteiger partial charge < -0.3 is 14.6 Å². The molecule has 96 valence electrons. The van der Waals surface area contributed by atoms with E-state index in [0.717, 1.165) is 7.11 Å². The molecular weight excluding hydrogens is 252 g/mol. The molecule has 0 aliphatic rings. The molecule has 1 N–H and O–H groups in total. The summed E-state index contributed by atoms with van der Waals surface area (Å²) < 4.78 is 8.79. The number of aliphatic hydroxyl groups excluding tert-OH is 1. The van der Waals surface area contributed by atoms with Crippen LogP contribution in [0.2, 0.25) is 0 Å². The first kappa shape index (κ1) is 15.4. The first-order valence-corrected chi connectivity index (χ1v) is 5.16. The highest BCUT2D eigenvalue weighted by molar-refractivity contribution is 6.32. The number of alkyl halides is 1. The fourth-order valence-electron chi connectivity index (χ4n) is 0.840. The van der Waals surface area contributed by atoms with E-state index in [1.165, 1.54) is 0 Å². The number of rotatable bonds is 6. The third-order valence-electron chi connectivity index (χ3n) is 1.61. The maximum Gasteiger partial charge on any atom is 0.331 e. The minimum Gasteiger partial charge on any atom is -0.510 e. The van der Waals surface area contributed by atoms with E-state index in [4.69, 9.17) is 11.6 Å². The second-order valence-electron chi connectivity index (χ2n) is 2.90. The van der Waals surface area contributed by atoms with Gasteiger partial charge in [0.2, 0.25) is 0 Å². The average Bonchev–Trinajstić information content (AvgIpc) is 2.27. The fourth-order valence-corrected chi connectivity index (χ4v) is 0.966. The highest BCUT2D eigenvalue weighted by Gasteiger charge is 2.22. The van der Waals surface area contributed by atoms with Crippen LogP contribution in [0.25, 0.3) is 0 Å². The predicted octanol–water partition coefficient (Wildman–Crippen LogP) is 0.731. The first-order valence-electron chi connectivity index (χ1n) is 4.73. The number of hydrogen-bond donors (Lipinski definition) is 1. The van der Waals surface area contributed by atoms with Crippen molar-refractivity contribution >= 4 is 29.3 Å². The van der Waals surface area contributed by atoms with E-state index in [9.17, 15) is 19.5 Å². The van der Waals surface area contributed by atoms with Crippen molar-refractivity contribution in [3.8, 4) is 0 Å². The number of ether oxygens (including phenoxy) is 2. The van der Waals surface area contributed by atoms with Gasteiger partial charge in [0.25, 0.3) is 0 Å². The highest BCUT2D eigenvalue weighted by Crippen LogP contribution is 2.09. The van der Waals surface area contributed by atoms with Crippen LogP contribution >= 0.6 is 11.6 Å². The topological polar surface area (TPSA) is 89.9 Å². The van der Waals surface area contributed by atoms with Crippen LogP contribution in [0.4, 0.5) is 0 Å². The van der Waals surface area contributed by atoms with E-state index in [2.05, 4.69) is 9.47 Å². The van der Waals surface area contributed by atoms with Crippen LogP contribution in [0.1, 0.15) is 13.3 Å². The van der Waals surface area contributed by atoms with Gasteiger partial charge in [0, 0.05) is 6.08 Å². The summed E-state index contributed by atoms with van der Waals surface area (Å²) in [6.07, 6.45) is 0.165. The molecule has 0 aliphatic carbocycles. The minimum atomic E-state index is -1.46. The number of methoxy groups -OCH3 is 1. The molecule has 0 saturated heterocycles. The Morgan fingerprint density at radius 2 is 2.00 bits per heavy atom. The van der Waals surface area contributed by atoms with Gasteiger partial charge in [0.1, 0.15) is 12.2 Å². The third kappa shape index (κ3) is 5.91. The van der Waals surface area contributed by atoms with E-state index in [-0.39, 0.29) is 6.61 Å². The summed E-state index contributed by atoms with van der Waals surface area (Å²) in [5, 5.41) is 7.86. The lowest BCUT2D eigenvalue weighted by Crippen LogP contribution is -2.21. The highest BCUT2D eigenvalue weighted by atomic mass is 35.5. The second kappa shape index (κ2) is 7.67. The number of aliphatic hydroxyl groups is 1. The molecule has 0 saturated carbocycles. The van der Waals surface area contributed by atoms with Crippen molar-refractivity contribution < 1.29 is 29.0 Å². The normalized spacial score (nSPS) is 12.8. The Morgan fingerprint density at radius 1 is 1.41 bits per heavy atom. The Hall–Kier alpha value is -1.56. The van der Waals surface area contributed by atoms with Crippen LogP contribution in [-0.4, -0.2) is 41.9 Å². The van der Waals surface area contributed by atoms with E-state index in [1.54, 1.807) is 6.92 Å². The quantitative estimate of drug-likeness (QED) is 0.250. The zero-order valence-corrected chi connectivity index (χ0v) is 10.2. The van der Waals surface area contributed by atoms with Gasteiger partial charge in [-0.15, -0.1) is 11.6 Å². The van der Waals surface area contributed by atoms with Crippen LogP contribution in [0.5, 0.6) is 0 Å². The molecule has 0 amide bonds. The maximum atomic E-state index is 11.2. The Morgan fingerprint density at radius 3 is 2.47 bits per heavy atom. The van der Waals surface area contributed by atoms with Crippen LogP contribution in [0.3, 0.4) is 0 Å². The molecule has 1 atom stereocenters. The standard InChI is InChI=1S/C10H13ClO6/c1-3-17-10(15)9(11)7(13)4-6(12)5-8(14)16-2/h4,9,13H,3,5H2,1-2H3/b7-4-. The summed E-state index contributed by atoms with van der Waals surface area (Å²) in [4.78, 5) is 33.0. The number of carbonyl (C=O) groups is 3. The average molecular weight is 265 g/mol. The van der Waals surface area contributed by atoms with E-state index >= 15 is 0 Å². The summed E-state index contributed by atoms with van der Waals surface area (Å²) in [6, 6.07) is 0. The van der Waals surface area contributed by atoms with Crippen LogP contribution in [0.15, 0.2) is 11.8 Å². The Kier molecular flexibility index (Phi) is 6.97. The molecule has 0 bridgehead atoms. The predicted molar refractivity (Wildman–Crippen MR) is 58.6 cm³/mol. The van der Waals surface area contributed by atoms with Crippen molar-refractivity contribution in [2.75, 3.05) is 13.7 Å². The molecule has 0 rings (SSSR count). The molecule has 17 heavy (non-hydrogen) atoms. The molecule has 0 fully saturated rings. The molecule has 1 unspecified atom stereocenters. The molecule has 0 aromatic carbocycles. The van der Waals surface area contributed by atoms with Crippen molar-refractivity contribution in [2.24, 2.45) is 0 Å². The van der Waals surface area contributed by atoms with Gasteiger partial charge in [-0.05, 0) is 6.92 Å². The van der Waals surface area contributed by atoms with Gasteiger partial charge in [0.15, 0.2) is 11.2 Å². The lowest BCUT2D eigenvalue weighted by atomic mass is 10.2. The Labute approximate surface area is 103 Å². The number of ketones is 1. The Bertz CT molecular complexity index is 336. The number of allylic oxidation sites excluding steroid dienone is 1. The number of hydrogen-bond acceptors (Lipinski definition) is 6. The van der Waals surface area contributed by atoms with Crippen molar-refractivity contribution in [2.45, 2.75) is 18.7 Å². The molecule has 7 heteroatoms.